The summed E-state index contributed by atoms with van der Waals surface area (Å²) in [6.07, 6.45) is 6.53. The minimum absolute atomic E-state index is 0.248. The van der Waals surface area contributed by atoms with Crippen LogP contribution >= 0.6 is 11.8 Å². The average molecular weight is 315 g/mol. The minimum Gasteiger partial charge on any atom is -0.337 e. The maximum Gasteiger partial charge on any atom is 0.233 e. The van der Waals surface area contributed by atoms with E-state index in [9.17, 15) is 4.79 Å². The van der Waals surface area contributed by atoms with Crippen molar-refractivity contribution in [1.82, 2.24) is 14.5 Å². The fraction of sp³-hybridized carbons (Fsp3) is 0.412. The van der Waals surface area contributed by atoms with Crippen molar-refractivity contribution in [2.24, 2.45) is 0 Å². The highest BCUT2D eigenvalue weighted by Gasteiger charge is 2.35. The minimum atomic E-state index is 0.248. The lowest BCUT2D eigenvalue weighted by molar-refractivity contribution is -0.128. The molecular formula is C17H21N3OS. The first-order valence-electron chi connectivity index (χ1n) is 7.67. The van der Waals surface area contributed by atoms with E-state index in [1.54, 1.807) is 18.0 Å². The van der Waals surface area contributed by atoms with Crippen LogP contribution < -0.4 is 0 Å². The topological polar surface area (TPSA) is 38.1 Å². The number of aromatic nitrogens is 2. The highest BCUT2D eigenvalue weighted by Crippen LogP contribution is 2.36. The van der Waals surface area contributed by atoms with Gasteiger partial charge in [0.25, 0.3) is 0 Å². The number of hydrogen-bond acceptors (Lipinski definition) is 3. The number of hydrogen-bond donors (Lipinski definition) is 0. The number of rotatable bonds is 6. The monoisotopic (exact) mass is 315 g/mol. The summed E-state index contributed by atoms with van der Waals surface area (Å²) in [7, 11) is 0. The van der Waals surface area contributed by atoms with Gasteiger partial charge >= 0.3 is 0 Å². The van der Waals surface area contributed by atoms with Gasteiger partial charge in [-0.2, -0.15) is 0 Å². The maximum atomic E-state index is 12.2. The van der Waals surface area contributed by atoms with E-state index in [4.69, 9.17) is 0 Å². The largest absolute Gasteiger partial charge is 0.337 e. The summed E-state index contributed by atoms with van der Waals surface area (Å²) in [5.41, 5.74) is 1.30. The summed E-state index contributed by atoms with van der Waals surface area (Å²) >= 11 is 1.77. The SMILES string of the molecule is CC(c1ccccc1)C1SCC(=O)N1CCCn1ccnc1. The van der Waals surface area contributed by atoms with Gasteiger partial charge < -0.3 is 9.47 Å². The van der Waals surface area contributed by atoms with E-state index in [1.807, 2.05) is 18.6 Å². The van der Waals surface area contributed by atoms with E-state index in [1.165, 1.54) is 5.56 Å². The summed E-state index contributed by atoms with van der Waals surface area (Å²) in [6.45, 7) is 3.93. The quantitative estimate of drug-likeness (QED) is 0.822. The molecule has 0 saturated carbocycles. The highest BCUT2D eigenvalue weighted by molar-refractivity contribution is 8.01. The number of benzene rings is 1. The number of carbonyl (C=O) groups excluding carboxylic acids is 1. The van der Waals surface area contributed by atoms with E-state index in [0.717, 1.165) is 19.5 Å². The second-order valence-corrected chi connectivity index (χ2v) is 6.75. The maximum absolute atomic E-state index is 12.2. The second-order valence-electron chi connectivity index (χ2n) is 5.64. The number of thioether (sulfide) groups is 1. The molecule has 5 heteroatoms. The van der Waals surface area contributed by atoms with Crippen molar-refractivity contribution >= 4 is 17.7 Å². The van der Waals surface area contributed by atoms with Gasteiger partial charge in [-0.15, -0.1) is 11.8 Å². The van der Waals surface area contributed by atoms with E-state index in [2.05, 4.69) is 45.6 Å². The van der Waals surface area contributed by atoms with Crippen molar-refractivity contribution in [3.63, 3.8) is 0 Å². The number of carbonyl (C=O) groups is 1. The van der Waals surface area contributed by atoms with Crippen LogP contribution in [0.3, 0.4) is 0 Å². The van der Waals surface area contributed by atoms with Crippen LogP contribution in [-0.4, -0.2) is 38.0 Å². The van der Waals surface area contributed by atoms with E-state index in [-0.39, 0.29) is 11.3 Å². The lowest BCUT2D eigenvalue weighted by atomic mass is 10.0. The Bertz CT molecular complexity index is 600. The average Bonchev–Trinajstić information content (AvgIpc) is 3.18. The molecule has 1 amide bonds. The second kappa shape index (κ2) is 7.01. The Kier molecular flexibility index (Phi) is 4.83. The Morgan fingerprint density at radius 1 is 1.32 bits per heavy atom. The number of nitrogens with zero attached hydrogens (tertiary/aromatic N) is 3. The molecule has 4 nitrogen and oxygen atoms in total. The van der Waals surface area contributed by atoms with Gasteiger partial charge in [-0.05, 0) is 12.0 Å². The zero-order chi connectivity index (χ0) is 15.4. The standard InChI is InChI=1S/C17H21N3OS/c1-14(15-6-3-2-4-7-15)17-20(16(21)12-22-17)10-5-9-19-11-8-18-13-19/h2-4,6-8,11,13-14,17H,5,9-10,12H2,1H3. The normalized spacial score (nSPS) is 19.6. The Hall–Kier alpha value is -1.75. The van der Waals surface area contributed by atoms with Gasteiger partial charge in [0, 0.05) is 31.4 Å². The first-order chi connectivity index (χ1) is 10.8. The molecule has 116 valence electrons. The van der Waals surface area contributed by atoms with Crippen LogP contribution in [0.25, 0.3) is 0 Å². The molecule has 0 radical (unpaired) electrons. The number of imidazole rings is 1. The van der Waals surface area contributed by atoms with Crippen molar-refractivity contribution in [1.29, 1.82) is 0 Å². The van der Waals surface area contributed by atoms with Gasteiger partial charge in [0.1, 0.15) is 0 Å². The zero-order valence-corrected chi connectivity index (χ0v) is 13.6. The van der Waals surface area contributed by atoms with Gasteiger partial charge in [0.15, 0.2) is 0 Å². The Labute approximate surface area is 135 Å². The van der Waals surface area contributed by atoms with E-state index < -0.39 is 0 Å². The molecule has 0 bridgehead atoms. The van der Waals surface area contributed by atoms with Crippen LogP contribution in [-0.2, 0) is 11.3 Å². The van der Waals surface area contributed by atoms with Crippen LogP contribution in [0.1, 0.15) is 24.8 Å². The first-order valence-corrected chi connectivity index (χ1v) is 8.72. The van der Waals surface area contributed by atoms with Crippen LogP contribution in [0, 0.1) is 0 Å². The summed E-state index contributed by atoms with van der Waals surface area (Å²) in [6, 6.07) is 10.5. The van der Waals surface area contributed by atoms with Crippen molar-refractivity contribution < 1.29 is 4.79 Å². The van der Waals surface area contributed by atoms with Crippen molar-refractivity contribution in [2.75, 3.05) is 12.3 Å². The molecule has 1 saturated heterocycles. The molecule has 1 aliphatic rings. The van der Waals surface area contributed by atoms with Crippen molar-refractivity contribution in [3.05, 3.63) is 54.6 Å². The Morgan fingerprint density at radius 2 is 2.14 bits per heavy atom. The first kappa shape index (κ1) is 15.2. The molecule has 2 unspecified atom stereocenters. The third-order valence-corrected chi connectivity index (χ3v) is 5.55. The lowest BCUT2D eigenvalue weighted by Crippen LogP contribution is -2.36. The molecule has 3 rings (SSSR count). The summed E-state index contributed by atoms with van der Waals surface area (Å²) in [5.74, 6) is 1.22. The van der Waals surface area contributed by atoms with E-state index in [0.29, 0.717) is 11.7 Å². The van der Waals surface area contributed by atoms with Crippen molar-refractivity contribution in [3.8, 4) is 0 Å². The molecule has 0 N–H and O–H groups in total. The molecule has 1 aromatic heterocycles. The fourth-order valence-electron chi connectivity index (χ4n) is 2.90. The molecule has 1 aliphatic heterocycles. The molecule has 1 aromatic carbocycles. The predicted molar refractivity (Wildman–Crippen MR) is 89.7 cm³/mol. The van der Waals surface area contributed by atoms with E-state index >= 15 is 0 Å². The molecule has 0 aliphatic carbocycles. The highest BCUT2D eigenvalue weighted by atomic mass is 32.2. The lowest BCUT2D eigenvalue weighted by Gasteiger charge is -2.29. The van der Waals surface area contributed by atoms with Gasteiger partial charge in [-0.3, -0.25) is 4.79 Å². The summed E-state index contributed by atoms with van der Waals surface area (Å²) < 4.78 is 2.06. The van der Waals surface area contributed by atoms with Crippen LogP contribution in [0.4, 0.5) is 0 Å². The molecular weight excluding hydrogens is 294 g/mol. The molecule has 1 fully saturated rings. The Balaban J connectivity index is 1.62. The van der Waals surface area contributed by atoms with Gasteiger partial charge in [-0.25, -0.2) is 4.98 Å². The molecule has 22 heavy (non-hydrogen) atoms. The van der Waals surface area contributed by atoms with Gasteiger partial charge in [-0.1, -0.05) is 37.3 Å². The third kappa shape index (κ3) is 3.35. The van der Waals surface area contributed by atoms with Gasteiger partial charge in [0.05, 0.1) is 17.5 Å². The van der Waals surface area contributed by atoms with Crippen LogP contribution in [0.5, 0.6) is 0 Å². The van der Waals surface area contributed by atoms with Gasteiger partial charge in [0.2, 0.25) is 5.91 Å². The zero-order valence-electron chi connectivity index (χ0n) is 12.8. The van der Waals surface area contributed by atoms with Crippen LogP contribution in [0.2, 0.25) is 0 Å². The molecule has 0 spiro atoms. The summed E-state index contributed by atoms with van der Waals surface area (Å²) in [5, 5.41) is 0.248. The number of amides is 1. The molecule has 2 aromatic rings. The third-order valence-electron chi connectivity index (χ3n) is 4.13. The smallest absolute Gasteiger partial charge is 0.233 e. The number of aryl methyl sites for hydroxylation is 1. The summed E-state index contributed by atoms with van der Waals surface area (Å²) in [4.78, 5) is 18.3. The van der Waals surface area contributed by atoms with Crippen LogP contribution in [0.15, 0.2) is 49.1 Å². The van der Waals surface area contributed by atoms with Crippen molar-refractivity contribution in [2.45, 2.75) is 31.2 Å². The Morgan fingerprint density at radius 3 is 2.86 bits per heavy atom. The molecule has 2 heterocycles. The molecule has 2 atom stereocenters. The predicted octanol–water partition coefficient (Wildman–Crippen LogP) is 2.98. The fourth-order valence-corrected chi connectivity index (χ4v) is 4.23.